The van der Waals surface area contributed by atoms with E-state index in [2.05, 4.69) is 30.6 Å². The molecule has 0 atom stereocenters. The highest BCUT2D eigenvalue weighted by Gasteiger charge is 2.44. The van der Waals surface area contributed by atoms with Crippen LogP contribution in [0, 0.1) is 23.2 Å². The van der Waals surface area contributed by atoms with Gasteiger partial charge in [-0.05, 0) is 44.2 Å². The molecule has 1 heteroatoms. The maximum Gasteiger partial charge on any atom is 0.0601 e. The van der Waals surface area contributed by atoms with Crippen molar-refractivity contribution in [2.75, 3.05) is 19.6 Å². The molecular weight excluding hydrogens is 170 g/mol. The molecule has 2 rings (SSSR count). The largest absolute Gasteiger partial charge is 0.292 e. The summed E-state index contributed by atoms with van der Waals surface area (Å²) >= 11 is 0. The van der Waals surface area contributed by atoms with Gasteiger partial charge in [0.1, 0.15) is 0 Å². The number of hydrogen-bond donors (Lipinski definition) is 0. The first kappa shape index (κ1) is 10.1. The highest BCUT2D eigenvalue weighted by molar-refractivity contribution is 5.05. The summed E-state index contributed by atoms with van der Waals surface area (Å²) in [7, 11) is 0. The molecule has 0 bridgehead atoms. The van der Waals surface area contributed by atoms with E-state index in [0.717, 1.165) is 12.0 Å². The van der Waals surface area contributed by atoms with Crippen LogP contribution >= 0.6 is 0 Å². The summed E-state index contributed by atoms with van der Waals surface area (Å²) in [4.78, 5) is 2.51. The number of likely N-dealkylation sites (tertiary alicyclic amines) is 1. The van der Waals surface area contributed by atoms with Crippen molar-refractivity contribution in [2.45, 2.75) is 39.5 Å². The van der Waals surface area contributed by atoms with Crippen LogP contribution < -0.4 is 0 Å². The first-order valence-electron chi connectivity index (χ1n) is 5.91. The number of rotatable bonds is 1. The second-order valence-corrected chi connectivity index (χ2v) is 5.25. The molecule has 0 unspecified atom stereocenters. The predicted octanol–water partition coefficient (Wildman–Crippen LogP) is 2.52. The molecule has 0 amide bonds. The Morgan fingerprint density at radius 3 is 2.29 bits per heavy atom. The Hall–Kier alpha value is -0.480. The van der Waals surface area contributed by atoms with Crippen LogP contribution in [0.2, 0.25) is 0 Å². The number of nitrogens with zero attached hydrogens (tertiary/aromatic N) is 1. The molecule has 1 aliphatic carbocycles. The lowest BCUT2D eigenvalue weighted by atomic mass is 9.94. The van der Waals surface area contributed by atoms with Gasteiger partial charge in [-0.25, -0.2) is 0 Å². The van der Waals surface area contributed by atoms with Gasteiger partial charge in [0.2, 0.25) is 0 Å². The molecule has 0 N–H and O–H groups in total. The third kappa shape index (κ3) is 2.51. The zero-order chi connectivity index (χ0) is 10.0. The molecule has 78 valence electrons. The normalized spacial score (nSPS) is 24.8. The lowest BCUT2D eigenvalue weighted by Crippen LogP contribution is -2.34. The Bertz CT molecular complexity index is 242. The highest BCUT2D eigenvalue weighted by Crippen LogP contribution is 2.53. The minimum absolute atomic E-state index is 0.523. The molecule has 1 saturated carbocycles. The monoisotopic (exact) mass is 191 g/mol. The Morgan fingerprint density at radius 1 is 1.14 bits per heavy atom. The minimum atomic E-state index is 0.523. The molecule has 2 aliphatic rings. The van der Waals surface area contributed by atoms with E-state index < -0.39 is 0 Å². The van der Waals surface area contributed by atoms with Gasteiger partial charge in [-0.1, -0.05) is 25.7 Å². The Kier molecular flexibility index (Phi) is 2.83. The fraction of sp³-hybridized carbons (Fsp3) is 0.846. The van der Waals surface area contributed by atoms with Crippen LogP contribution in [0.15, 0.2) is 0 Å². The SMILES string of the molecule is CC(C)C#CCN1CCC2(CC1)CC2. The average molecular weight is 191 g/mol. The molecule has 14 heavy (non-hydrogen) atoms. The Morgan fingerprint density at radius 2 is 1.79 bits per heavy atom. The van der Waals surface area contributed by atoms with Gasteiger partial charge in [0.15, 0.2) is 0 Å². The summed E-state index contributed by atoms with van der Waals surface area (Å²) in [6.07, 6.45) is 5.85. The second-order valence-electron chi connectivity index (χ2n) is 5.25. The maximum absolute atomic E-state index is 3.28. The summed E-state index contributed by atoms with van der Waals surface area (Å²) in [6.45, 7) is 7.87. The molecule has 1 spiro atoms. The molecule has 0 aromatic rings. The predicted molar refractivity (Wildman–Crippen MR) is 60.0 cm³/mol. The van der Waals surface area contributed by atoms with E-state index >= 15 is 0 Å². The smallest absolute Gasteiger partial charge is 0.0601 e. The molecular formula is C13H21N. The third-order valence-electron chi connectivity index (χ3n) is 3.57. The van der Waals surface area contributed by atoms with Gasteiger partial charge in [0.05, 0.1) is 6.54 Å². The first-order valence-corrected chi connectivity index (χ1v) is 5.91. The molecule has 0 radical (unpaired) electrons. The standard InChI is InChI=1S/C13H21N/c1-12(2)4-3-9-14-10-7-13(5-6-13)8-11-14/h12H,5-11H2,1-2H3. The van der Waals surface area contributed by atoms with Crippen LogP contribution in [0.4, 0.5) is 0 Å². The molecule has 0 aromatic carbocycles. The van der Waals surface area contributed by atoms with Crippen molar-refractivity contribution >= 4 is 0 Å². The first-order chi connectivity index (χ1) is 6.70. The Balaban J connectivity index is 1.71. The van der Waals surface area contributed by atoms with Crippen molar-refractivity contribution in [3.63, 3.8) is 0 Å². The summed E-state index contributed by atoms with van der Waals surface area (Å²) in [5.41, 5.74) is 0.808. The van der Waals surface area contributed by atoms with Crippen LogP contribution in [0.25, 0.3) is 0 Å². The van der Waals surface area contributed by atoms with Crippen LogP contribution in [-0.2, 0) is 0 Å². The van der Waals surface area contributed by atoms with Gasteiger partial charge in [-0.2, -0.15) is 0 Å². The lowest BCUT2D eigenvalue weighted by molar-refractivity contribution is 0.190. The van der Waals surface area contributed by atoms with Crippen LogP contribution in [-0.4, -0.2) is 24.5 Å². The maximum atomic E-state index is 3.28. The molecule has 1 nitrogen and oxygen atoms in total. The second kappa shape index (κ2) is 3.95. The van der Waals surface area contributed by atoms with Crippen LogP contribution in [0.5, 0.6) is 0 Å². The third-order valence-corrected chi connectivity index (χ3v) is 3.57. The van der Waals surface area contributed by atoms with Crippen molar-refractivity contribution in [2.24, 2.45) is 11.3 Å². The van der Waals surface area contributed by atoms with Gasteiger partial charge in [0.25, 0.3) is 0 Å². The van der Waals surface area contributed by atoms with Crippen molar-refractivity contribution in [3.05, 3.63) is 0 Å². The van der Waals surface area contributed by atoms with Crippen molar-refractivity contribution < 1.29 is 0 Å². The van der Waals surface area contributed by atoms with Gasteiger partial charge in [-0.15, -0.1) is 0 Å². The zero-order valence-electron chi connectivity index (χ0n) is 9.47. The lowest BCUT2D eigenvalue weighted by Gasteiger charge is -2.30. The topological polar surface area (TPSA) is 3.24 Å². The summed E-state index contributed by atoms with van der Waals surface area (Å²) in [6, 6.07) is 0. The zero-order valence-corrected chi connectivity index (χ0v) is 9.47. The van der Waals surface area contributed by atoms with Crippen LogP contribution in [0.1, 0.15) is 39.5 Å². The fourth-order valence-electron chi connectivity index (χ4n) is 2.22. The molecule has 2 fully saturated rings. The van der Waals surface area contributed by atoms with E-state index in [0.29, 0.717) is 5.92 Å². The van der Waals surface area contributed by atoms with E-state index in [1.54, 1.807) is 0 Å². The highest BCUT2D eigenvalue weighted by atomic mass is 15.1. The van der Waals surface area contributed by atoms with E-state index in [9.17, 15) is 0 Å². The fourth-order valence-corrected chi connectivity index (χ4v) is 2.22. The summed E-state index contributed by atoms with van der Waals surface area (Å²) < 4.78 is 0. The van der Waals surface area contributed by atoms with Crippen molar-refractivity contribution in [1.82, 2.24) is 4.90 Å². The molecule has 1 saturated heterocycles. The summed E-state index contributed by atoms with van der Waals surface area (Å²) in [5.74, 6) is 7.04. The Labute approximate surface area is 87.9 Å². The van der Waals surface area contributed by atoms with Gasteiger partial charge in [-0.3, -0.25) is 4.90 Å². The molecule has 0 aromatic heterocycles. The van der Waals surface area contributed by atoms with Crippen molar-refractivity contribution in [3.8, 4) is 11.8 Å². The average Bonchev–Trinajstić information content (AvgIpc) is 2.89. The minimum Gasteiger partial charge on any atom is -0.292 e. The van der Waals surface area contributed by atoms with E-state index in [4.69, 9.17) is 0 Å². The van der Waals surface area contributed by atoms with E-state index in [-0.39, 0.29) is 0 Å². The van der Waals surface area contributed by atoms with E-state index in [1.165, 1.54) is 38.8 Å². The van der Waals surface area contributed by atoms with Crippen LogP contribution in [0.3, 0.4) is 0 Å². The van der Waals surface area contributed by atoms with Gasteiger partial charge in [0, 0.05) is 5.92 Å². The molecule has 1 heterocycles. The van der Waals surface area contributed by atoms with Gasteiger partial charge < -0.3 is 0 Å². The number of piperidine rings is 1. The molecule has 1 aliphatic heterocycles. The van der Waals surface area contributed by atoms with E-state index in [1.807, 2.05) is 0 Å². The van der Waals surface area contributed by atoms with Crippen molar-refractivity contribution in [1.29, 1.82) is 0 Å². The quantitative estimate of drug-likeness (QED) is 0.576. The summed E-state index contributed by atoms with van der Waals surface area (Å²) in [5, 5.41) is 0. The number of hydrogen-bond acceptors (Lipinski definition) is 1. The van der Waals surface area contributed by atoms with Gasteiger partial charge >= 0.3 is 0 Å².